The number of hydrogen-bond donors (Lipinski definition) is 2. The lowest BCUT2D eigenvalue weighted by atomic mass is 10.1. The second-order valence-electron chi connectivity index (χ2n) is 8.29. The maximum atomic E-state index is 5.57. The lowest BCUT2D eigenvalue weighted by Crippen LogP contribution is -2.38. The van der Waals surface area contributed by atoms with Gasteiger partial charge in [0.25, 0.3) is 0 Å². The largest absolute Gasteiger partial charge is 0.495 e. The number of anilines is 1. The van der Waals surface area contributed by atoms with Gasteiger partial charge in [0.2, 0.25) is 0 Å². The number of aromatic nitrogens is 4. The lowest BCUT2D eigenvalue weighted by Gasteiger charge is -2.25. The van der Waals surface area contributed by atoms with Gasteiger partial charge in [-0.25, -0.2) is 14.5 Å². The molecule has 2 fully saturated rings. The van der Waals surface area contributed by atoms with Gasteiger partial charge in [0, 0.05) is 24.6 Å². The van der Waals surface area contributed by atoms with Gasteiger partial charge in [-0.2, -0.15) is 5.10 Å². The van der Waals surface area contributed by atoms with Crippen LogP contribution in [-0.2, 0) is 0 Å². The third-order valence-electron chi connectivity index (χ3n) is 5.95. The number of hydrogen-bond acceptors (Lipinski definition) is 6. The number of methoxy groups -OCH3 is 1. The molecule has 1 aliphatic carbocycles. The summed E-state index contributed by atoms with van der Waals surface area (Å²) >= 11 is 0. The molecule has 0 amide bonds. The molecule has 0 spiro atoms. The van der Waals surface area contributed by atoms with Crippen LogP contribution < -0.4 is 15.4 Å². The fourth-order valence-electron chi connectivity index (χ4n) is 4.20. The fourth-order valence-corrected chi connectivity index (χ4v) is 4.20. The van der Waals surface area contributed by atoms with Gasteiger partial charge in [-0.15, -0.1) is 0 Å². The molecule has 0 radical (unpaired) electrons. The molecular formula is C22H28N6O. The summed E-state index contributed by atoms with van der Waals surface area (Å²) in [7, 11) is 1.70. The van der Waals surface area contributed by atoms with Gasteiger partial charge in [-0.3, -0.25) is 0 Å². The van der Waals surface area contributed by atoms with Gasteiger partial charge < -0.3 is 15.4 Å². The van der Waals surface area contributed by atoms with Crippen molar-refractivity contribution in [2.45, 2.75) is 51.5 Å². The van der Waals surface area contributed by atoms with E-state index in [1.165, 1.54) is 31.2 Å². The number of aryl methyl sites for hydroxylation is 2. The molecule has 1 atom stereocenters. The van der Waals surface area contributed by atoms with E-state index >= 15 is 0 Å². The highest BCUT2D eigenvalue weighted by Crippen LogP contribution is 2.43. The van der Waals surface area contributed by atoms with E-state index in [9.17, 15) is 0 Å². The number of fused-ring (bicyclic) bond motifs is 1. The van der Waals surface area contributed by atoms with Crippen LogP contribution in [0.5, 0.6) is 5.75 Å². The molecule has 7 nitrogen and oxygen atoms in total. The van der Waals surface area contributed by atoms with E-state index in [2.05, 4.69) is 35.5 Å². The predicted octanol–water partition coefficient (Wildman–Crippen LogP) is 3.46. The number of pyridine rings is 1. The van der Waals surface area contributed by atoms with Gasteiger partial charge in [0.1, 0.15) is 23.0 Å². The van der Waals surface area contributed by atoms with Crippen LogP contribution >= 0.6 is 0 Å². The number of rotatable bonds is 5. The summed E-state index contributed by atoms with van der Waals surface area (Å²) in [6, 6.07) is 4.60. The third-order valence-corrected chi connectivity index (χ3v) is 5.95. The lowest BCUT2D eigenvalue weighted by molar-refractivity contribution is 0.405. The molecule has 4 heterocycles. The first-order valence-electron chi connectivity index (χ1n) is 10.5. The molecule has 1 aliphatic heterocycles. The number of nitrogens with one attached hydrogen (secondary N) is 2. The van der Waals surface area contributed by atoms with Crippen molar-refractivity contribution in [2.24, 2.45) is 0 Å². The van der Waals surface area contributed by atoms with Gasteiger partial charge in [0.05, 0.1) is 19.0 Å². The summed E-state index contributed by atoms with van der Waals surface area (Å²) in [6.45, 7) is 6.30. The Labute approximate surface area is 170 Å². The van der Waals surface area contributed by atoms with Crippen LogP contribution in [-0.4, -0.2) is 45.8 Å². The van der Waals surface area contributed by atoms with Crippen LogP contribution in [0, 0.1) is 13.8 Å². The minimum Gasteiger partial charge on any atom is -0.495 e. The number of ether oxygens (including phenoxy) is 1. The van der Waals surface area contributed by atoms with Crippen molar-refractivity contribution in [1.29, 1.82) is 0 Å². The summed E-state index contributed by atoms with van der Waals surface area (Å²) in [5, 5.41) is 12.0. The van der Waals surface area contributed by atoms with E-state index in [1.807, 2.05) is 16.8 Å². The Kier molecular flexibility index (Phi) is 4.62. The van der Waals surface area contributed by atoms with Crippen LogP contribution in [0.25, 0.3) is 17.0 Å². The first-order valence-corrected chi connectivity index (χ1v) is 10.5. The third kappa shape index (κ3) is 3.44. The van der Waals surface area contributed by atoms with E-state index in [-0.39, 0.29) is 0 Å². The molecule has 2 aliphatic rings. The summed E-state index contributed by atoms with van der Waals surface area (Å²) in [5.41, 5.74) is 5.95. The first kappa shape index (κ1) is 18.4. The molecule has 5 rings (SSSR count). The van der Waals surface area contributed by atoms with Crippen LogP contribution in [0.1, 0.15) is 48.4 Å². The Morgan fingerprint density at radius 2 is 2.03 bits per heavy atom. The van der Waals surface area contributed by atoms with Crippen LogP contribution in [0.3, 0.4) is 0 Å². The Hall–Kier alpha value is -2.67. The smallest absolute Gasteiger partial charge is 0.157 e. The maximum Gasteiger partial charge on any atom is 0.157 e. The van der Waals surface area contributed by atoms with Gasteiger partial charge in [0.15, 0.2) is 5.65 Å². The quantitative estimate of drug-likeness (QED) is 0.693. The molecule has 0 bridgehead atoms. The highest BCUT2D eigenvalue weighted by atomic mass is 16.5. The fraction of sp³-hybridized carbons (Fsp3) is 0.500. The highest BCUT2D eigenvalue weighted by molar-refractivity contribution is 5.67. The van der Waals surface area contributed by atoms with Gasteiger partial charge in [-0.1, -0.05) is 6.07 Å². The molecule has 152 valence electrons. The summed E-state index contributed by atoms with van der Waals surface area (Å²) < 4.78 is 7.49. The number of imidazole rings is 1. The second-order valence-corrected chi connectivity index (χ2v) is 8.29. The van der Waals surface area contributed by atoms with Crippen LogP contribution in [0.2, 0.25) is 0 Å². The number of nitrogens with zero attached hydrogens (tertiary/aromatic N) is 4. The minimum atomic E-state index is 0.413. The monoisotopic (exact) mass is 392 g/mol. The van der Waals surface area contributed by atoms with Crippen molar-refractivity contribution in [1.82, 2.24) is 24.9 Å². The zero-order valence-electron chi connectivity index (χ0n) is 17.3. The summed E-state index contributed by atoms with van der Waals surface area (Å²) in [5.74, 6) is 2.27. The van der Waals surface area contributed by atoms with E-state index in [4.69, 9.17) is 14.8 Å². The Bertz CT molecular complexity index is 1050. The SMILES string of the molecule is COc1cc2ncc(-c3nc(N[C@@H]4CCCNC4)c(C)cc3C)n2nc1C1CC1. The maximum absolute atomic E-state index is 5.57. The zero-order valence-corrected chi connectivity index (χ0v) is 17.3. The molecule has 7 heteroatoms. The molecule has 0 unspecified atom stereocenters. The summed E-state index contributed by atoms with van der Waals surface area (Å²) in [6.07, 6.45) is 6.57. The molecule has 2 N–H and O–H groups in total. The molecule has 3 aromatic heterocycles. The Morgan fingerprint density at radius 1 is 1.17 bits per heavy atom. The van der Waals surface area contributed by atoms with E-state index in [1.54, 1.807) is 7.11 Å². The average molecular weight is 393 g/mol. The normalized spacial score (nSPS) is 19.5. The van der Waals surface area contributed by atoms with Crippen molar-refractivity contribution < 1.29 is 4.74 Å². The minimum absolute atomic E-state index is 0.413. The topological polar surface area (TPSA) is 76.4 Å². The van der Waals surface area contributed by atoms with Crippen LogP contribution in [0.15, 0.2) is 18.3 Å². The highest BCUT2D eigenvalue weighted by Gasteiger charge is 2.30. The second kappa shape index (κ2) is 7.30. The molecular weight excluding hydrogens is 364 g/mol. The molecule has 0 aromatic carbocycles. The number of piperidine rings is 1. The standard InChI is InChI=1S/C22H28N6O/c1-13-9-14(2)22(25-16-5-4-8-23-11-16)26-20(13)17-12-24-19-10-18(29-3)21(15-6-7-15)27-28(17)19/h9-10,12,15-16,23H,4-8,11H2,1-3H3,(H,25,26)/t16-/m1/s1. The Morgan fingerprint density at radius 3 is 2.76 bits per heavy atom. The van der Waals surface area contributed by atoms with Crippen molar-refractivity contribution in [2.75, 3.05) is 25.5 Å². The van der Waals surface area contributed by atoms with Crippen molar-refractivity contribution in [3.05, 3.63) is 35.2 Å². The van der Waals surface area contributed by atoms with Gasteiger partial charge in [-0.05, 0) is 57.2 Å². The Balaban J connectivity index is 1.57. The van der Waals surface area contributed by atoms with E-state index in [0.717, 1.165) is 52.9 Å². The van der Waals surface area contributed by atoms with Crippen molar-refractivity contribution >= 4 is 11.5 Å². The van der Waals surface area contributed by atoms with Gasteiger partial charge >= 0.3 is 0 Å². The van der Waals surface area contributed by atoms with E-state index in [0.29, 0.717) is 12.0 Å². The molecule has 29 heavy (non-hydrogen) atoms. The molecule has 1 saturated heterocycles. The first-order chi connectivity index (χ1) is 14.1. The summed E-state index contributed by atoms with van der Waals surface area (Å²) in [4.78, 5) is 9.60. The van der Waals surface area contributed by atoms with Crippen molar-refractivity contribution in [3.63, 3.8) is 0 Å². The predicted molar refractivity (Wildman–Crippen MR) is 114 cm³/mol. The molecule has 1 saturated carbocycles. The average Bonchev–Trinajstić information content (AvgIpc) is 3.50. The van der Waals surface area contributed by atoms with Crippen LogP contribution in [0.4, 0.5) is 5.82 Å². The van der Waals surface area contributed by atoms with E-state index < -0.39 is 0 Å². The zero-order chi connectivity index (χ0) is 20.0. The van der Waals surface area contributed by atoms with Crippen molar-refractivity contribution in [3.8, 4) is 17.1 Å². The molecule has 3 aromatic rings.